The zero-order valence-corrected chi connectivity index (χ0v) is 18.2. The van der Waals surface area contributed by atoms with Crippen molar-refractivity contribution in [1.82, 2.24) is 9.55 Å². The minimum absolute atomic E-state index is 0.192. The summed E-state index contributed by atoms with van der Waals surface area (Å²) in [7, 11) is 0. The summed E-state index contributed by atoms with van der Waals surface area (Å²) in [6.45, 7) is 6.02. The van der Waals surface area contributed by atoms with Crippen molar-refractivity contribution in [2.45, 2.75) is 44.0 Å². The number of esters is 1. The van der Waals surface area contributed by atoms with Crippen molar-refractivity contribution >= 4 is 40.2 Å². The number of nitrogens with zero attached hydrogens (tertiary/aromatic N) is 2. The van der Waals surface area contributed by atoms with Gasteiger partial charge < -0.3 is 4.74 Å². The highest BCUT2D eigenvalue weighted by atomic mass is 35.5. The number of aromatic nitrogens is 2. The SMILES string of the molecule is CCC[C@H](Sc1nc2ccccc2c(=O)n1-c1cc(Cl)ccc1C)C(=O)OCC. The molecule has 29 heavy (non-hydrogen) atoms. The first-order valence-corrected chi connectivity index (χ1v) is 10.8. The highest BCUT2D eigenvalue weighted by molar-refractivity contribution is 8.00. The van der Waals surface area contributed by atoms with Crippen LogP contribution in [-0.4, -0.2) is 27.4 Å². The second-order valence-electron chi connectivity index (χ2n) is 6.63. The summed E-state index contributed by atoms with van der Waals surface area (Å²) in [4.78, 5) is 30.6. The molecule has 0 amide bonds. The van der Waals surface area contributed by atoms with E-state index < -0.39 is 5.25 Å². The van der Waals surface area contributed by atoms with Crippen LogP contribution in [0.15, 0.2) is 52.4 Å². The van der Waals surface area contributed by atoms with Gasteiger partial charge in [0.15, 0.2) is 5.16 Å². The molecule has 1 aromatic heterocycles. The fourth-order valence-electron chi connectivity index (χ4n) is 3.08. The summed E-state index contributed by atoms with van der Waals surface area (Å²) < 4.78 is 6.79. The van der Waals surface area contributed by atoms with Gasteiger partial charge in [-0.3, -0.25) is 14.2 Å². The van der Waals surface area contributed by atoms with Gasteiger partial charge in [0.2, 0.25) is 0 Å². The van der Waals surface area contributed by atoms with Crippen LogP contribution in [0.4, 0.5) is 0 Å². The molecule has 0 radical (unpaired) electrons. The van der Waals surface area contributed by atoms with E-state index in [9.17, 15) is 9.59 Å². The van der Waals surface area contributed by atoms with Gasteiger partial charge in [-0.1, -0.05) is 54.9 Å². The Morgan fingerprint density at radius 2 is 2.00 bits per heavy atom. The van der Waals surface area contributed by atoms with Crippen LogP contribution in [-0.2, 0) is 9.53 Å². The predicted octanol–water partition coefficient (Wildman–Crippen LogP) is 5.17. The lowest BCUT2D eigenvalue weighted by molar-refractivity contribution is -0.142. The highest BCUT2D eigenvalue weighted by Crippen LogP contribution is 2.30. The van der Waals surface area contributed by atoms with Gasteiger partial charge >= 0.3 is 5.97 Å². The third-order valence-electron chi connectivity index (χ3n) is 4.51. The number of hydrogen-bond acceptors (Lipinski definition) is 5. The first kappa shape index (κ1) is 21.4. The quantitative estimate of drug-likeness (QED) is 0.294. The van der Waals surface area contributed by atoms with Crippen LogP contribution in [0.1, 0.15) is 32.3 Å². The zero-order valence-electron chi connectivity index (χ0n) is 16.6. The molecule has 0 N–H and O–H groups in total. The third-order valence-corrected chi connectivity index (χ3v) is 5.94. The molecule has 0 fully saturated rings. The summed E-state index contributed by atoms with van der Waals surface area (Å²) in [6, 6.07) is 12.6. The third kappa shape index (κ3) is 4.65. The molecule has 7 heteroatoms. The van der Waals surface area contributed by atoms with E-state index in [2.05, 4.69) is 0 Å². The summed E-state index contributed by atoms with van der Waals surface area (Å²) >= 11 is 7.48. The number of ether oxygens (including phenoxy) is 1. The molecule has 3 aromatic rings. The molecule has 5 nitrogen and oxygen atoms in total. The zero-order chi connectivity index (χ0) is 21.0. The summed E-state index contributed by atoms with van der Waals surface area (Å²) in [5.74, 6) is -0.295. The molecule has 2 aromatic carbocycles. The van der Waals surface area contributed by atoms with Crippen LogP contribution in [0.3, 0.4) is 0 Å². The average Bonchev–Trinajstić information content (AvgIpc) is 2.70. The topological polar surface area (TPSA) is 61.2 Å². The fourth-order valence-corrected chi connectivity index (χ4v) is 4.45. The Morgan fingerprint density at radius 1 is 1.24 bits per heavy atom. The lowest BCUT2D eigenvalue weighted by atomic mass is 10.2. The van der Waals surface area contributed by atoms with Gasteiger partial charge in [0, 0.05) is 5.02 Å². The molecule has 0 aliphatic carbocycles. The monoisotopic (exact) mass is 430 g/mol. The van der Waals surface area contributed by atoms with E-state index >= 15 is 0 Å². The number of aryl methyl sites for hydroxylation is 1. The number of hydrogen-bond donors (Lipinski definition) is 0. The van der Waals surface area contributed by atoms with E-state index in [0.717, 1.165) is 12.0 Å². The molecule has 1 atom stereocenters. The maximum atomic E-state index is 13.4. The number of carbonyl (C=O) groups excluding carboxylic acids is 1. The second kappa shape index (κ2) is 9.46. The smallest absolute Gasteiger partial charge is 0.319 e. The Morgan fingerprint density at radius 3 is 2.72 bits per heavy atom. The van der Waals surface area contributed by atoms with Crippen molar-refractivity contribution in [3.8, 4) is 5.69 Å². The van der Waals surface area contributed by atoms with Crippen molar-refractivity contribution in [2.75, 3.05) is 6.61 Å². The Kier molecular flexibility index (Phi) is 6.98. The van der Waals surface area contributed by atoms with Crippen LogP contribution < -0.4 is 5.56 Å². The number of para-hydroxylation sites is 1. The highest BCUT2D eigenvalue weighted by Gasteiger charge is 2.24. The molecule has 0 bridgehead atoms. The minimum atomic E-state index is -0.446. The molecule has 0 saturated carbocycles. The number of fused-ring (bicyclic) bond motifs is 1. The van der Waals surface area contributed by atoms with E-state index in [0.29, 0.717) is 39.8 Å². The summed E-state index contributed by atoms with van der Waals surface area (Å²) in [5, 5.41) is 1.04. The van der Waals surface area contributed by atoms with Gasteiger partial charge in [-0.15, -0.1) is 0 Å². The molecule has 3 rings (SSSR count). The molecule has 0 spiro atoms. The molecular weight excluding hydrogens is 408 g/mol. The summed E-state index contributed by atoms with van der Waals surface area (Å²) in [6.07, 6.45) is 1.44. The van der Waals surface area contributed by atoms with Gasteiger partial charge in [-0.25, -0.2) is 4.98 Å². The molecule has 0 aliphatic heterocycles. The van der Waals surface area contributed by atoms with E-state index in [-0.39, 0.29) is 11.5 Å². The number of rotatable bonds is 7. The molecule has 0 saturated heterocycles. The van der Waals surface area contributed by atoms with Crippen molar-refractivity contribution in [3.63, 3.8) is 0 Å². The number of thioether (sulfide) groups is 1. The Bertz CT molecular complexity index is 1100. The van der Waals surface area contributed by atoms with Crippen molar-refractivity contribution in [2.24, 2.45) is 0 Å². The van der Waals surface area contributed by atoms with Crippen molar-refractivity contribution in [1.29, 1.82) is 0 Å². The van der Waals surface area contributed by atoms with E-state index in [4.69, 9.17) is 21.3 Å². The first-order chi connectivity index (χ1) is 14.0. The predicted molar refractivity (Wildman–Crippen MR) is 118 cm³/mol. The molecule has 152 valence electrons. The number of benzene rings is 2. The van der Waals surface area contributed by atoms with E-state index in [1.54, 1.807) is 35.8 Å². The van der Waals surface area contributed by atoms with Gasteiger partial charge in [0.05, 0.1) is 23.2 Å². The molecule has 0 unspecified atom stereocenters. The van der Waals surface area contributed by atoms with Crippen molar-refractivity contribution < 1.29 is 9.53 Å². The Labute approximate surface area is 179 Å². The normalized spacial score (nSPS) is 12.1. The van der Waals surface area contributed by atoms with Gasteiger partial charge in [0.25, 0.3) is 5.56 Å². The standard InChI is InChI=1S/C22H23ClN2O3S/c1-4-8-19(21(27)28-5-2)29-22-24-17-10-7-6-9-16(17)20(26)25(22)18-13-15(23)12-11-14(18)3/h6-7,9-13,19H,4-5,8H2,1-3H3/t19-/m0/s1. The maximum Gasteiger partial charge on any atom is 0.319 e. The van der Waals surface area contributed by atoms with Crippen LogP contribution in [0, 0.1) is 6.92 Å². The van der Waals surface area contributed by atoms with Crippen molar-refractivity contribution in [3.05, 3.63) is 63.4 Å². The van der Waals surface area contributed by atoms with Crippen LogP contribution in [0.2, 0.25) is 5.02 Å². The molecule has 1 heterocycles. The lowest BCUT2D eigenvalue weighted by Crippen LogP contribution is -2.26. The van der Waals surface area contributed by atoms with Gasteiger partial charge in [-0.2, -0.15) is 0 Å². The van der Waals surface area contributed by atoms with Crippen LogP contribution >= 0.6 is 23.4 Å². The van der Waals surface area contributed by atoms with Crippen LogP contribution in [0.5, 0.6) is 0 Å². The maximum absolute atomic E-state index is 13.4. The van der Waals surface area contributed by atoms with E-state index in [1.165, 1.54) is 11.8 Å². The average molecular weight is 431 g/mol. The van der Waals surface area contributed by atoms with Gasteiger partial charge in [-0.05, 0) is 50.1 Å². The first-order valence-electron chi connectivity index (χ1n) is 9.57. The summed E-state index contributed by atoms with van der Waals surface area (Å²) in [5.41, 5.74) is 1.94. The molecule has 0 aliphatic rings. The molecular formula is C22H23ClN2O3S. The van der Waals surface area contributed by atoms with Crippen LogP contribution in [0.25, 0.3) is 16.6 Å². The van der Waals surface area contributed by atoms with Gasteiger partial charge in [0.1, 0.15) is 5.25 Å². The Balaban J connectivity index is 2.23. The lowest BCUT2D eigenvalue weighted by Gasteiger charge is -2.19. The second-order valence-corrected chi connectivity index (χ2v) is 8.24. The Hall–Kier alpha value is -2.31. The van der Waals surface area contributed by atoms with E-state index in [1.807, 2.05) is 32.0 Å². The number of carbonyl (C=O) groups is 1. The number of halogens is 1. The largest absolute Gasteiger partial charge is 0.465 e. The minimum Gasteiger partial charge on any atom is -0.465 e. The fraction of sp³-hybridized carbons (Fsp3) is 0.318.